The molecule has 1 rings (SSSR count). The van der Waals surface area contributed by atoms with Gasteiger partial charge in [0.1, 0.15) is 5.78 Å². The van der Waals surface area contributed by atoms with Gasteiger partial charge >= 0.3 is 0 Å². The van der Waals surface area contributed by atoms with E-state index in [0.29, 0.717) is 5.78 Å². The molecule has 1 fully saturated rings. The zero-order chi connectivity index (χ0) is 5.11. The van der Waals surface area contributed by atoms with Gasteiger partial charge in [0, 0.05) is 29.9 Å². The molecule has 1 saturated carbocycles. The Labute approximate surface area is 60.3 Å². The second kappa shape index (κ2) is 4.11. The molecule has 0 spiro atoms. The van der Waals surface area contributed by atoms with Crippen LogP contribution in [-0.4, -0.2) is 5.78 Å². The van der Waals surface area contributed by atoms with Gasteiger partial charge in [-0.05, 0) is 12.8 Å². The van der Waals surface area contributed by atoms with E-state index in [1.54, 1.807) is 0 Å². The molecule has 1 nitrogen and oxygen atoms in total. The van der Waals surface area contributed by atoms with Crippen molar-refractivity contribution in [2.75, 3.05) is 0 Å². The Morgan fingerprint density at radius 2 is 1.50 bits per heavy atom. The van der Waals surface area contributed by atoms with Gasteiger partial charge in [0.05, 0.1) is 0 Å². The summed E-state index contributed by atoms with van der Waals surface area (Å²) in [5.41, 5.74) is 0. The van der Waals surface area contributed by atoms with Crippen molar-refractivity contribution < 1.29 is 21.9 Å². The van der Waals surface area contributed by atoms with E-state index < -0.39 is 0 Å². The van der Waals surface area contributed by atoms with E-state index >= 15 is 0 Å². The van der Waals surface area contributed by atoms with Gasteiger partial charge in [-0.3, -0.25) is 4.79 Å². The van der Waals surface area contributed by atoms with Crippen molar-refractivity contribution in [1.29, 1.82) is 0 Å². The van der Waals surface area contributed by atoms with E-state index in [-0.39, 0.29) is 17.1 Å². The zero-order valence-corrected chi connectivity index (χ0v) is 5.69. The van der Waals surface area contributed by atoms with Crippen LogP contribution in [0.1, 0.15) is 32.1 Å². The second-order valence-electron chi connectivity index (χ2n) is 2.10. The van der Waals surface area contributed by atoms with Crippen LogP contribution in [0.3, 0.4) is 0 Å². The molecule has 0 unspecified atom stereocenters. The van der Waals surface area contributed by atoms with Crippen LogP contribution in [0, 0.1) is 0 Å². The summed E-state index contributed by atoms with van der Waals surface area (Å²) in [5, 5.41) is 0. The van der Waals surface area contributed by atoms with Gasteiger partial charge in [0.25, 0.3) is 0 Å². The second-order valence-corrected chi connectivity index (χ2v) is 2.10. The number of hydrogen-bond acceptors (Lipinski definition) is 1. The molecule has 51 valence electrons. The third kappa shape index (κ3) is 2.49. The molecule has 0 aromatic heterocycles. The summed E-state index contributed by atoms with van der Waals surface area (Å²) in [6.45, 7) is 0. The summed E-state index contributed by atoms with van der Waals surface area (Å²) in [6.07, 6.45) is 5.24. The van der Waals surface area contributed by atoms with Crippen LogP contribution < -0.4 is 0 Å². The number of ketones is 1. The van der Waals surface area contributed by atoms with Crippen LogP contribution in [-0.2, 0) is 21.9 Å². The molecule has 0 aromatic carbocycles. The maximum Gasteiger partial charge on any atom is 0.132 e. The van der Waals surface area contributed by atoms with Gasteiger partial charge in [0.15, 0.2) is 0 Å². The molecule has 0 amide bonds. The van der Waals surface area contributed by atoms with E-state index in [0.717, 1.165) is 25.7 Å². The fraction of sp³-hybridized carbons (Fsp3) is 0.833. The first-order chi connectivity index (χ1) is 3.39. The third-order valence-corrected chi connectivity index (χ3v) is 1.41. The summed E-state index contributed by atoms with van der Waals surface area (Å²) >= 11 is 0. The minimum Gasteiger partial charge on any atom is -0.300 e. The predicted octanol–water partition coefficient (Wildman–Crippen LogP) is 1.52. The van der Waals surface area contributed by atoms with Crippen LogP contribution in [0.4, 0.5) is 0 Å². The Bertz CT molecular complexity index is 72.6. The minimum atomic E-state index is 0. The van der Waals surface area contributed by atoms with Crippen LogP contribution in [0.5, 0.6) is 0 Å². The smallest absolute Gasteiger partial charge is 0.132 e. The first kappa shape index (κ1) is 8.19. The Morgan fingerprint density at radius 1 is 1.00 bits per heavy atom. The molecule has 1 aliphatic carbocycles. The normalized spacial score (nSPS) is 19.8. The monoisotopic (exact) mass is 161 g/mol. The maximum absolute atomic E-state index is 10.5. The molecule has 0 aliphatic heterocycles. The Morgan fingerprint density at radius 3 is 1.75 bits per heavy atom. The van der Waals surface area contributed by atoms with Crippen LogP contribution in [0.2, 0.25) is 0 Å². The number of hydrogen-bond donors (Lipinski definition) is 0. The van der Waals surface area contributed by atoms with E-state index in [4.69, 9.17) is 0 Å². The summed E-state index contributed by atoms with van der Waals surface area (Å²) in [5.74, 6) is 0.464. The zero-order valence-electron chi connectivity index (χ0n) is 4.75. The SMILES string of the molecule is O=C1CCCCC1.[Cu]. The van der Waals surface area contributed by atoms with E-state index in [1.807, 2.05) is 0 Å². The molecular formula is C6H10CuO. The number of Topliss-reactive ketones (excluding diaryl/α,β-unsaturated/α-hetero) is 1. The van der Waals surface area contributed by atoms with Crippen molar-refractivity contribution in [2.45, 2.75) is 32.1 Å². The van der Waals surface area contributed by atoms with Crippen LogP contribution in [0.25, 0.3) is 0 Å². The molecular weight excluding hydrogens is 152 g/mol. The average Bonchev–Trinajstić information content (AvgIpc) is 1.69. The van der Waals surface area contributed by atoms with Gasteiger partial charge in [-0.1, -0.05) is 6.42 Å². The summed E-state index contributed by atoms with van der Waals surface area (Å²) in [4.78, 5) is 10.5. The molecule has 1 radical (unpaired) electrons. The third-order valence-electron chi connectivity index (χ3n) is 1.41. The van der Waals surface area contributed by atoms with Gasteiger partial charge in [-0.25, -0.2) is 0 Å². The van der Waals surface area contributed by atoms with Gasteiger partial charge in [-0.2, -0.15) is 0 Å². The van der Waals surface area contributed by atoms with Crippen molar-refractivity contribution in [3.8, 4) is 0 Å². The molecule has 0 aromatic rings. The summed E-state index contributed by atoms with van der Waals surface area (Å²) in [6, 6.07) is 0. The first-order valence-electron chi connectivity index (χ1n) is 2.91. The predicted molar refractivity (Wildman–Crippen MR) is 28.1 cm³/mol. The molecule has 2 heteroatoms. The summed E-state index contributed by atoms with van der Waals surface area (Å²) in [7, 11) is 0. The van der Waals surface area contributed by atoms with E-state index in [1.165, 1.54) is 6.42 Å². The van der Waals surface area contributed by atoms with Crippen LogP contribution >= 0.6 is 0 Å². The first-order valence-corrected chi connectivity index (χ1v) is 2.91. The standard InChI is InChI=1S/C6H10O.Cu/c7-6-4-2-1-3-5-6;/h1-5H2;. The van der Waals surface area contributed by atoms with Crippen molar-refractivity contribution in [1.82, 2.24) is 0 Å². The maximum atomic E-state index is 10.5. The molecule has 1 aliphatic rings. The van der Waals surface area contributed by atoms with Crippen molar-refractivity contribution in [2.24, 2.45) is 0 Å². The van der Waals surface area contributed by atoms with Crippen molar-refractivity contribution >= 4 is 5.78 Å². The molecule has 8 heavy (non-hydrogen) atoms. The van der Waals surface area contributed by atoms with E-state index in [2.05, 4.69) is 0 Å². The topological polar surface area (TPSA) is 17.1 Å². The summed E-state index contributed by atoms with van der Waals surface area (Å²) < 4.78 is 0. The molecule has 0 bridgehead atoms. The average molecular weight is 162 g/mol. The van der Waals surface area contributed by atoms with Crippen molar-refractivity contribution in [3.05, 3.63) is 0 Å². The molecule has 0 saturated heterocycles. The largest absolute Gasteiger partial charge is 0.300 e. The molecule has 0 N–H and O–H groups in total. The Balaban J connectivity index is 0.000000490. The van der Waals surface area contributed by atoms with Crippen molar-refractivity contribution in [3.63, 3.8) is 0 Å². The Kier molecular flexibility index (Phi) is 4.20. The molecule has 0 heterocycles. The number of carbonyl (C=O) groups excluding carboxylic acids is 1. The molecule has 0 atom stereocenters. The van der Waals surface area contributed by atoms with E-state index in [9.17, 15) is 4.79 Å². The fourth-order valence-corrected chi connectivity index (χ4v) is 0.946. The van der Waals surface area contributed by atoms with Crippen LogP contribution in [0.15, 0.2) is 0 Å². The quantitative estimate of drug-likeness (QED) is 0.493. The Hall–Kier alpha value is 0.189. The number of carbonyl (C=O) groups is 1. The van der Waals surface area contributed by atoms with Gasteiger partial charge in [-0.15, -0.1) is 0 Å². The minimum absolute atomic E-state index is 0. The van der Waals surface area contributed by atoms with Gasteiger partial charge in [0.2, 0.25) is 0 Å². The fourth-order valence-electron chi connectivity index (χ4n) is 0.946. The number of rotatable bonds is 0. The van der Waals surface area contributed by atoms with Gasteiger partial charge < -0.3 is 0 Å².